The van der Waals surface area contributed by atoms with Crippen molar-refractivity contribution in [1.82, 2.24) is 0 Å². The monoisotopic (exact) mass is 759 g/mol. The van der Waals surface area contributed by atoms with Gasteiger partial charge in [0.05, 0.1) is 10.4 Å². The molecule has 3 heteroatoms. The maximum absolute atomic E-state index is 6.56. The molecule has 2 aromatic heterocycles. The average molecular weight is 760 g/mol. The predicted octanol–water partition coefficient (Wildman–Crippen LogP) is 16.2. The Balaban J connectivity index is 0.999. The van der Waals surface area contributed by atoms with Crippen molar-refractivity contribution >= 4 is 81.3 Å². The molecular weight excluding hydrogens is 723 g/mol. The zero-order chi connectivity index (χ0) is 38.5. The van der Waals surface area contributed by atoms with E-state index in [1.807, 2.05) is 11.3 Å². The van der Waals surface area contributed by atoms with Crippen molar-refractivity contribution in [2.45, 2.75) is 19.3 Å². The molecule has 0 unspecified atom stereocenters. The molecular formula is C55H37NOS. The van der Waals surface area contributed by atoms with Gasteiger partial charge in [-0.05, 0) is 98.4 Å². The van der Waals surface area contributed by atoms with Crippen LogP contribution in [-0.4, -0.2) is 0 Å². The smallest absolute Gasteiger partial charge is 0.143 e. The van der Waals surface area contributed by atoms with Crippen LogP contribution in [0.15, 0.2) is 192 Å². The Bertz CT molecular complexity index is 3420. The number of fused-ring (bicyclic) bond motifs is 11. The Labute approximate surface area is 340 Å². The fraction of sp³-hybridized carbons (Fsp3) is 0.0545. The minimum absolute atomic E-state index is 0.0906. The van der Waals surface area contributed by atoms with Gasteiger partial charge in [-0.15, -0.1) is 11.3 Å². The van der Waals surface area contributed by atoms with E-state index in [0.717, 1.165) is 44.3 Å². The van der Waals surface area contributed by atoms with Crippen molar-refractivity contribution < 1.29 is 4.42 Å². The summed E-state index contributed by atoms with van der Waals surface area (Å²) >= 11 is 1.87. The number of furan rings is 1. The Morgan fingerprint density at radius 2 is 1.09 bits per heavy atom. The number of hydrogen-bond acceptors (Lipinski definition) is 3. The molecule has 11 aromatic rings. The lowest BCUT2D eigenvalue weighted by molar-refractivity contribution is 0.662. The normalized spacial score (nSPS) is 13.1. The summed E-state index contributed by atoms with van der Waals surface area (Å²) in [4.78, 5) is 2.43. The van der Waals surface area contributed by atoms with E-state index in [4.69, 9.17) is 4.42 Å². The maximum Gasteiger partial charge on any atom is 0.143 e. The van der Waals surface area contributed by atoms with E-state index in [9.17, 15) is 0 Å². The van der Waals surface area contributed by atoms with Crippen LogP contribution in [0.1, 0.15) is 25.0 Å². The van der Waals surface area contributed by atoms with Crippen molar-refractivity contribution in [3.8, 4) is 33.4 Å². The summed E-state index contributed by atoms with van der Waals surface area (Å²) in [6.07, 6.45) is 0. The standard InChI is InChI=1S/C55H37NOS/c1-55(2)47-20-7-5-14-42(47)44-18-9-17-40(52(44)55)36-26-31-38(32-27-36)56(48-21-10-19-45-43-15-6-8-23-50(43)58-54(45)48)37-29-24-35(25-30-37)39-16-11-22-49-51(39)46-33-28-34-12-3-4-13-41(34)53(46)57-49/h3-33H,1-2H3. The van der Waals surface area contributed by atoms with Gasteiger partial charge < -0.3 is 9.32 Å². The molecule has 0 aliphatic heterocycles. The first-order chi connectivity index (χ1) is 28.5. The second kappa shape index (κ2) is 12.5. The van der Waals surface area contributed by atoms with Crippen LogP contribution in [0.3, 0.4) is 0 Å². The molecule has 0 N–H and O–H groups in total. The Kier molecular flexibility index (Phi) is 7.18. The largest absolute Gasteiger partial charge is 0.455 e. The molecule has 2 nitrogen and oxygen atoms in total. The lowest BCUT2D eigenvalue weighted by atomic mass is 9.79. The topological polar surface area (TPSA) is 16.4 Å². The molecule has 0 atom stereocenters. The summed E-state index contributed by atoms with van der Waals surface area (Å²) in [6, 6.07) is 68.8. The van der Waals surface area contributed by atoms with Gasteiger partial charge in [0.1, 0.15) is 11.2 Å². The van der Waals surface area contributed by atoms with Gasteiger partial charge in [-0.3, -0.25) is 0 Å². The van der Waals surface area contributed by atoms with E-state index in [0.29, 0.717) is 0 Å². The van der Waals surface area contributed by atoms with E-state index in [1.54, 1.807) is 0 Å². The first-order valence-electron chi connectivity index (χ1n) is 20.0. The lowest BCUT2D eigenvalue weighted by Crippen LogP contribution is -2.16. The average Bonchev–Trinajstić information content (AvgIpc) is 3.93. The lowest BCUT2D eigenvalue weighted by Gasteiger charge is -2.27. The highest BCUT2D eigenvalue weighted by atomic mass is 32.1. The third kappa shape index (κ3) is 4.84. The summed E-state index contributed by atoms with van der Waals surface area (Å²) < 4.78 is 9.13. The molecule has 274 valence electrons. The van der Waals surface area contributed by atoms with Crippen LogP contribution in [0.5, 0.6) is 0 Å². The Hall–Kier alpha value is -6.94. The third-order valence-corrected chi connectivity index (χ3v) is 13.7. The van der Waals surface area contributed by atoms with Gasteiger partial charge in [0.25, 0.3) is 0 Å². The molecule has 2 heterocycles. The summed E-state index contributed by atoms with van der Waals surface area (Å²) in [5.41, 5.74) is 15.5. The molecule has 0 spiro atoms. The van der Waals surface area contributed by atoms with Crippen LogP contribution in [0.2, 0.25) is 0 Å². The summed E-state index contributed by atoms with van der Waals surface area (Å²) in [5.74, 6) is 0. The van der Waals surface area contributed by atoms with E-state index >= 15 is 0 Å². The van der Waals surface area contributed by atoms with Crippen LogP contribution in [0, 0.1) is 0 Å². The fourth-order valence-electron chi connectivity index (χ4n) is 9.80. The molecule has 0 radical (unpaired) electrons. The van der Waals surface area contributed by atoms with Crippen molar-refractivity contribution in [3.05, 3.63) is 199 Å². The van der Waals surface area contributed by atoms with Gasteiger partial charge in [-0.2, -0.15) is 0 Å². The molecule has 12 rings (SSSR count). The SMILES string of the molecule is CC1(C)c2ccccc2-c2cccc(-c3ccc(N(c4ccc(-c5cccc6oc7c8ccccc8ccc7c56)cc4)c4cccc5c4sc4ccccc45)cc3)c21. The number of rotatable bonds is 5. The molecule has 9 aromatic carbocycles. The number of thiophene rings is 1. The Morgan fingerprint density at radius 1 is 0.466 bits per heavy atom. The zero-order valence-corrected chi connectivity index (χ0v) is 33.0. The van der Waals surface area contributed by atoms with Crippen LogP contribution >= 0.6 is 11.3 Å². The number of anilines is 3. The zero-order valence-electron chi connectivity index (χ0n) is 32.2. The number of nitrogens with zero attached hydrogens (tertiary/aromatic N) is 1. The van der Waals surface area contributed by atoms with E-state index in [1.165, 1.54) is 70.2 Å². The van der Waals surface area contributed by atoms with Crippen molar-refractivity contribution in [2.75, 3.05) is 4.90 Å². The summed E-state index contributed by atoms with van der Waals surface area (Å²) in [5, 5.41) is 7.19. The van der Waals surface area contributed by atoms with Gasteiger partial charge in [-0.1, -0.05) is 153 Å². The first-order valence-corrected chi connectivity index (χ1v) is 20.8. The van der Waals surface area contributed by atoms with E-state index < -0.39 is 0 Å². The van der Waals surface area contributed by atoms with Gasteiger partial charge in [-0.25, -0.2) is 0 Å². The molecule has 0 amide bonds. The quantitative estimate of drug-likeness (QED) is 0.174. The fourth-order valence-corrected chi connectivity index (χ4v) is 11.0. The highest BCUT2D eigenvalue weighted by Crippen LogP contribution is 2.52. The van der Waals surface area contributed by atoms with Gasteiger partial charge in [0.15, 0.2) is 0 Å². The van der Waals surface area contributed by atoms with E-state index in [-0.39, 0.29) is 5.41 Å². The maximum atomic E-state index is 6.56. The van der Waals surface area contributed by atoms with Gasteiger partial charge in [0.2, 0.25) is 0 Å². The molecule has 0 saturated heterocycles. The third-order valence-electron chi connectivity index (χ3n) is 12.5. The van der Waals surface area contributed by atoms with Crippen LogP contribution < -0.4 is 4.90 Å². The highest BCUT2D eigenvalue weighted by molar-refractivity contribution is 7.26. The molecule has 58 heavy (non-hydrogen) atoms. The molecule has 1 aliphatic rings. The highest BCUT2D eigenvalue weighted by Gasteiger charge is 2.37. The predicted molar refractivity (Wildman–Crippen MR) is 247 cm³/mol. The van der Waals surface area contributed by atoms with Crippen molar-refractivity contribution in [2.24, 2.45) is 0 Å². The van der Waals surface area contributed by atoms with E-state index in [2.05, 4.69) is 207 Å². The van der Waals surface area contributed by atoms with Crippen molar-refractivity contribution in [1.29, 1.82) is 0 Å². The number of hydrogen-bond donors (Lipinski definition) is 0. The molecule has 0 bridgehead atoms. The Morgan fingerprint density at radius 3 is 1.91 bits per heavy atom. The second-order valence-electron chi connectivity index (χ2n) is 16.0. The minimum atomic E-state index is -0.0906. The van der Waals surface area contributed by atoms with Crippen LogP contribution in [-0.2, 0) is 5.41 Å². The minimum Gasteiger partial charge on any atom is -0.455 e. The first kappa shape index (κ1) is 33.2. The summed E-state index contributed by atoms with van der Waals surface area (Å²) in [7, 11) is 0. The molecule has 0 fully saturated rings. The van der Waals surface area contributed by atoms with Crippen LogP contribution in [0.25, 0.3) is 86.3 Å². The van der Waals surface area contributed by atoms with Gasteiger partial charge in [0, 0.05) is 48.4 Å². The van der Waals surface area contributed by atoms with Gasteiger partial charge >= 0.3 is 0 Å². The summed E-state index contributed by atoms with van der Waals surface area (Å²) in [6.45, 7) is 4.73. The molecule has 1 aliphatic carbocycles. The second-order valence-corrected chi connectivity index (χ2v) is 17.1. The molecule has 0 saturated carbocycles. The van der Waals surface area contributed by atoms with Crippen LogP contribution in [0.4, 0.5) is 17.1 Å². The number of benzene rings is 9. The van der Waals surface area contributed by atoms with Crippen molar-refractivity contribution in [3.63, 3.8) is 0 Å².